The summed E-state index contributed by atoms with van der Waals surface area (Å²) in [5.41, 5.74) is 2.56. The number of sulfonamides is 1. The average Bonchev–Trinajstić information content (AvgIpc) is 3.49. The second-order valence-electron chi connectivity index (χ2n) is 9.96. The van der Waals surface area contributed by atoms with Gasteiger partial charge in [-0.25, -0.2) is 13.2 Å². The number of nitrogens with one attached hydrogen (secondary N) is 2. The fraction of sp³-hybridized carbons (Fsp3) is 0.323. The van der Waals surface area contributed by atoms with Crippen LogP contribution in [0, 0.1) is 6.92 Å². The summed E-state index contributed by atoms with van der Waals surface area (Å²) < 4.78 is 38.3. The van der Waals surface area contributed by atoms with Gasteiger partial charge in [0.25, 0.3) is 5.91 Å². The van der Waals surface area contributed by atoms with Crippen molar-refractivity contribution in [2.45, 2.75) is 50.1 Å². The molecule has 2 N–H and O–H groups in total. The average molecular weight is 594 g/mol. The van der Waals surface area contributed by atoms with Gasteiger partial charge < -0.3 is 20.1 Å². The summed E-state index contributed by atoms with van der Waals surface area (Å²) in [4.78, 5) is 39.0. The van der Waals surface area contributed by atoms with Crippen molar-refractivity contribution in [2.75, 3.05) is 25.6 Å². The minimum absolute atomic E-state index is 0.114. The van der Waals surface area contributed by atoms with Crippen molar-refractivity contribution in [3.63, 3.8) is 0 Å². The highest BCUT2D eigenvalue weighted by Gasteiger charge is 2.40. The van der Waals surface area contributed by atoms with Gasteiger partial charge in [0.1, 0.15) is 17.8 Å². The standard InChI is InChI=1S/C31H35N3O7S/c1-4-41-31(37)26(20-22-13-15-23(16-14-22)32-29(35)25-8-5-6-10-28(25)40-3)33-30(36)27-9-7-19-34(27)42(38,39)24-17-11-21(2)12-18-24/h5-6,8,10-18,26-27H,4,7,9,19-20H2,1-3H3,(H,32,35)(H,33,36)/t26-,27-/m0/s1. The Hall–Kier alpha value is -4.22. The topological polar surface area (TPSA) is 131 Å². The molecule has 1 aliphatic rings. The van der Waals surface area contributed by atoms with Gasteiger partial charge in [0.05, 0.1) is 24.2 Å². The summed E-state index contributed by atoms with van der Waals surface area (Å²) in [6.07, 6.45) is 0.977. The first kappa shape index (κ1) is 30.7. The van der Waals surface area contributed by atoms with E-state index in [1.165, 1.54) is 23.5 Å². The molecule has 1 saturated heterocycles. The number of rotatable bonds is 11. The van der Waals surface area contributed by atoms with Gasteiger partial charge in [-0.15, -0.1) is 0 Å². The van der Waals surface area contributed by atoms with Crippen molar-refractivity contribution in [3.8, 4) is 5.75 Å². The zero-order chi connectivity index (χ0) is 30.3. The molecule has 0 spiro atoms. The zero-order valence-electron chi connectivity index (χ0n) is 23.8. The third kappa shape index (κ3) is 7.15. The molecular weight excluding hydrogens is 558 g/mol. The van der Waals surface area contributed by atoms with Crippen molar-refractivity contribution >= 4 is 33.5 Å². The third-order valence-corrected chi connectivity index (χ3v) is 8.95. The number of amides is 2. The number of methoxy groups -OCH3 is 1. The molecule has 0 aromatic heterocycles. The van der Waals surface area contributed by atoms with Crippen molar-refractivity contribution in [1.82, 2.24) is 9.62 Å². The molecule has 222 valence electrons. The minimum atomic E-state index is -3.90. The Morgan fingerprint density at radius 3 is 2.36 bits per heavy atom. The van der Waals surface area contributed by atoms with Crippen LogP contribution >= 0.6 is 0 Å². The van der Waals surface area contributed by atoms with Gasteiger partial charge in [0, 0.05) is 18.7 Å². The summed E-state index contributed by atoms with van der Waals surface area (Å²) >= 11 is 0. The van der Waals surface area contributed by atoms with E-state index in [9.17, 15) is 22.8 Å². The SMILES string of the molecule is CCOC(=O)[C@H](Cc1ccc(NC(=O)c2ccccc2OC)cc1)NC(=O)[C@@H]1CCCN1S(=O)(=O)c1ccc(C)cc1. The number of esters is 1. The number of ether oxygens (including phenoxy) is 2. The quantitative estimate of drug-likeness (QED) is 0.324. The van der Waals surface area contributed by atoms with Crippen molar-refractivity contribution < 1.29 is 32.3 Å². The Labute approximate surface area is 246 Å². The Kier molecular flexibility index (Phi) is 9.97. The smallest absolute Gasteiger partial charge is 0.328 e. The summed E-state index contributed by atoms with van der Waals surface area (Å²) in [5, 5.41) is 5.55. The van der Waals surface area contributed by atoms with Gasteiger partial charge in [-0.3, -0.25) is 9.59 Å². The fourth-order valence-electron chi connectivity index (χ4n) is 4.83. The molecule has 42 heavy (non-hydrogen) atoms. The van der Waals surface area contributed by atoms with Gasteiger partial charge in [-0.1, -0.05) is 42.0 Å². The molecule has 0 unspecified atom stereocenters. The number of benzene rings is 3. The Morgan fingerprint density at radius 2 is 1.69 bits per heavy atom. The van der Waals surface area contributed by atoms with Crippen LogP contribution in [0.3, 0.4) is 0 Å². The lowest BCUT2D eigenvalue weighted by molar-refractivity contribution is -0.147. The lowest BCUT2D eigenvalue weighted by Crippen LogP contribution is -2.51. The molecule has 0 saturated carbocycles. The maximum Gasteiger partial charge on any atom is 0.328 e. The van der Waals surface area contributed by atoms with Crippen LogP contribution in [0.2, 0.25) is 0 Å². The van der Waals surface area contributed by atoms with Gasteiger partial charge in [0.15, 0.2) is 0 Å². The Morgan fingerprint density at radius 1 is 1.00 bits per heavy atom. The van der Waals surface area contributed by atoms with Crippen LogP contribution in [0.1, 0.15) is 41.3 Å². The molecule has 3 aromatic rings. The predicted octanol–water partition coefficient (Wildman–Crippen LogP) is 3.70. The first-order valence-electron chi connectivity index (χ1n) is 13.7. The van der Waals surface area contributed by atoms with E-state index in [1.54, 1.807) is 67.6 Å². The van der Waals surface area contributed by atoms with Crippen molar-refractivity contribution in [1.29, 1.82) is 0 Å². The van der Waals surface area contributed by atoms with Gasteiger partial charge in [-0.05, 0) is 68.7 Å². The van der Waals surface area contributed by atoms with Gasteiger partial charge in [-0.2, -0.15) is 4.31 Å². The van der Waals surface area contributed by atoms with Gasteiger partial charge in [0.2, 0.25) is 15.9 Å². The number of hydrogen-bond donors (Lipinski definition) is 2. The first-order chi connectivity index (χ1) is 20.1. The van der Waals surface area contributed by atoms with Crippen LogP contribution in [0.4, 0.5) is 5.69 Å². The monoisotopic (exact) mass is 593 g/mol. The number of hydrogen-bond acceptors (Lipinski definition) is 7. The van der Waals surface area contributed by atoms with E-state index >= 15 is 0 Å². The lowest BCUT2D eigenvalue weighted by atomic mass is 10.0. The molecule has 4 rings (SSSR count). The minimum Gasteiger partial charge on any atom is -0.496 e. The summed E-state index contributed by atoms with van der Waals surface area (Å²) in [5.74, 6) is -1.06. The molecular formula is C31H35N3O7S. The first-order valence-corrected chi connectivity index (χ1v) is 15.2. The largest absolute Gasteiger partial charge is 0.496 e. The predicted molar refractivity (Wildman–Crippen MR) is 158 cm³/mol. The number of aryl methyl sites for hydroxylation is 1. The van der Waals surface area contributed by atoms with E-state index in [0.717, 1.165) is 5.56 Å². The zero-order valence-corrected chi connectivity index (χ0v) is 24.6. The highest BCUT2D eigenvalue weighted by molar-refractivity contribution is 7.89. The molecule has 2 amide bonds. The molecule has 2 atom stereocenters. The molecule has 1 fully saturated rings. The number of carbonyl (C=O) groups excluding carboxylic acids is 3. The second-order valence-corrected chi connectivity index (χ2v) is 11.8. The molecule has 1 aliphatic heterocycles. The van der Waals surface area contributed by atoms with Crippen LogP contribution < -0.4 is 15.4 Å². The molecule has 11 heteroatoms. The second kappa shape index (κ2) is 13.6. The Balaban J connectivity index is 1.46. The fourth-order valence-corrected chi connectivity index (χ4v) is 6.49. The van der Waals surface area contributed by atoms with E-state index in [1.807, 2.05) is 6.92 Å². The molecule has 1 heterocycles. The van der Waals surface area contributed by atoms with Gasteiger partial charge >= 0.3 is 5.97 Å². The van der Waals surface area contributed by atoms with Crippen molar-refractivity contribution in [2.24, 2.45) is 0 Å². The number of nitrogens with zero attached hydrogens (tertiary/aromatic N) is 1. The number of anilines is 1. The maximum atomic E-state index is 13.4. The van der Waals surface area contributed by atoms with E-state index in [2.05, 4.69) is 10.6 Å². The molecule has 10 nitrogen and oxygen atoms in total. The van der Waals surface area contributed by atoms with Crippen LogP contribution in [-0.2, 0) is 30.8 Å². The maximum absolute atomic E-state index is 13.4. The number of carbonyl (C=O) groups is 3. The highest BCUT2D eigenvalue weighted by Crippen LogP contribution is 2.27. The van der Waals surface area contributed by atoms with E-state index in [-0.39, 0.29) is 30.4 Å². The Bertz CT molecular complexity index is 1520. The van der Waals surface area contributed by atoms with E-state index in [4.69, 9.17) is 9.47 Å². The summed E-state index contributed by atoms with van der Waals surface area (Å²) in [6.45, 7) is 3.86. The normalized spacial score (nSPS) is 15.9. The summed E-state index contributed by atoms with van der Waals surface area (Å²) in [7, 11) is -2.41. The van der Waals surface area contributed by atoms with Crippen LogP contribution in [-0.4, -0.2) is 62.9 Å². The third-order valence-electron chi connectivity index (χ3n) is 7.02. The molecule has 3 aromatic carbocycles. The molecule has 0 aliphatic carbocycles. The van der Waals surface area contributed by atoms with E-state index in [0.29, 0.717) is 35.4 Å². The van der Waals surface area contributed by atoms with Crippen LogP contribution in [0.5, 0.6) is 5.75 Å². The molecule has 0 radical (unpaired) electrons. The van der Waals surface area contributed by atoms with Crippen LogP contribution in [0.15, 0.2) is 77.7 Å². The molecule has 0 bridgehead atoms. The van der Waals surface area contributed by atoms with Crippen molar-refractivity contribution in [3.05, 3.63) is 89.5 Å². The van der Waals surface area contributed by atoms with E-state index < -0.39 is 34.0 Å². The highest BCUT2D eigenvalue weighted by atomic mass is 32.2. The summed E-state index contributed by atoms with van der Waals surface area (Å²) in [6, 6.07) is 18.2. The lowest BCUT2D eigenvalue weighted by Gasteiger charge is -2.25. The van der Waals surface area contributed by atoms with Crippen LogP contribution in [0.25, 0.3) is 0 Å². The number of para-hydroxylation sites is 1.